The SMILES string of the molecule is Cc1c(C(=O)NCC(=O)O)nnn1-c1ccc(F)cc1. The lowest BCUT2D eigenvalue weighted by molar-refractivity contribution is -0.135. The number of rotatable bonds is 4. The average molecular weight is 278 g/mol. The van der Waals surface area contributed by atoms with Crippen LogP contribution in [0.25, 0.3) is 5.69 Å². The molecule has 0 aliphatic carbocycles. The van der Waals surface area contributed by atoms with E-state index >= 15 is 0 Å². The van der Waals surface area contributed by atoms with Crippen LogP contribution in [0.1, 0.15) is 16.2 Å². The number of hydrogen-bond donors (Lipinski definition) is 2. The number of aliphatic carboxylic acids is 1. The van der Waals surface area contributed by atoms with Crippen molar-refractivity contribution in [1.29, 1.82) is 0 Å². The van der Waals surface area contributed by atoms with Crippen molar-refractivity contribution in [3.05, 3.63) is 41.5 Å². The van der Waals surface area contributed by atoms with Gasteiger partial charge in [0, 0.05) is 0 Å². The zero-order chi connectivity index (χ0) is 14.7. The summed E-state index contributed by atoms with van der Waals surface area (Å²) in [5.74, 6) is -2.16. The van der Waals surface area contributed by atoms with Crippen molar-refractivity contribution in [2.24, 2.45) is 0 Å². The van der Waals surface area contributed by atoms with Crippen molar-refractivity contribution in [2.45, 2.75) is 6.92 Å². The third kappa shape index (κ3) is 2.79. The molecule has 1 amide bonds. The number of amides is 1. The molecule has 0 radical (unpaired) electrons. The molecule has 0 saturated carbocycles. The number of nitrogens with one attached hydrogen (secondary N) is 1. The van der Waals surface area contributed by atoms with E-state index in [1.807, 2.05) is 0 Å². The molecule has 0 unspecified atom stereocenters. The van der Waals surface area contributed by atoms with Gasteiger partial charge in [-0.2, -0.15) is 0 Å². The fourth-order valence-corrected chi connectivity index (χ4v) is 1.61. The van der Waals surface area contributed by atoms with Crippen molar-refractivity contribution in [3.8, 4) is 5.69 Å². The Labute approximate surface area is 113 Å². The van der Waals surface area contributed by atoms with Crippen LogP contribution in [-0.4, -0.2) is 38.5 Å². The Morgan fingerprint density at radius 3 is 2.60 bits per heavy atom. The Kier molecular flexibility index (Phi) is 3.74. The van der Waals surface area contributed by atoms with E-state index in [-0.39, 0.29) is 11.5 Å². The molecule has 8 heteroatoms. The second-order valence-electron chi connectivity index (χ2n) is 3.99. The minimum absolute atomic E-state index is 0.0237. The van der Waals surface area contributed by atoms with E-state index in [1.54, 1.807) is 6.92 Å². The number of halogens is 1. The van der Waals surface area contributed by atoms with Gasteiger partial charge in [0.15, 0.2) is 5.69 Å². The molecule has 104 valence electrons. The van der Waals surface area contributed by atoms with Gasteiger partial charge in [0.25, 0.3) is 5.91 Å². The van der Waals surface area contributed by atoms with Gasteiger partial charge in [-0.3, -0.25) is 9.59 Å². The summed E-state index contributed by atoms with van der Waals surface area (Å²) in [6.07, 6.45) is 0. The van der Waals surface area contributed by atoms with Gasteiger partial charge in [-0.25, -0.2) is 9.07 Å². The molecular formula is C12H11FN4O3. The Morgan fingerprint density at radius 1 is 1.35 bits per heavy atom. The van der Waals surface area contributed by atoms with Gasteiger partial charge < -0.3 is 10.4 Å². The molecule has 0 spiro atoms. The first-order chi connectivity index (χ1) is 9.49. The summed E-state index contributed by atoms with van der Waals surface area (Å²) in [6, 6.07) is 5.52. The van der Waals surface area contributed by atoms with Crippen LogP contribution in [0.3, 0.4) is 0 Å². The van der Waals surface area contributed by atoms with Crippen molar-refractivity contribution in [2.75, 3.05) is 6.54 Å². The molecule has 0 aliphatic rings. The molecule has 1 heterocycles. The van der Waals surface area contributed by atoms with E-state index in [9.17, 15) is 14.0 Å². The van der Waals surface area contributed by atoms with Crippen LogP contribution >= 0.6 is 0 Å². The number of carboxylic acids is 1. The van der Waals surface area contributed by atoms with Gasteiger partial charge in [-0.1, -0.05) is 5.21 Å². The molecule has 0 fully saturated rings. The molecule has 0 atom stereocenters. The highest BCUT2D eigenvalue weighted by Crippen LogP contribution is 2.12. The van der Waals surface area contributed by atoms with Gasteiger partial charge in [-0.05, 0) is 31.2 Å². The van der Waals surface area contributed by atoms with Crippen molar-refractivity contribution >= 4 is 11.9 Å². The van der Waals surface area contributed by atoms with Crippen LogP contribution in [0.15, 0.2) is 24.3 Å². The van der Waals surface area contributed by atoms with E-state index in [4.69, 9.17) is 5.11 Å². The van der Waals surface area contributed by atoms with Crippen LogP contribution in [-0.2, 0) is 4.79 Å². The molecule has 20 heavy (non-hydrogen) atoms. The van der Waals surface area contributed by atoms with Crippen LogP contribution in [0.5, 0.6) is 0 Å². The summed E-state index contributed by atoms with van der Waals surface area (Å²) in [6.45, 7) is 1.11. The Morgan fingerprint density at radius 2 is 2.00 bits per heavy atom. The largest absolute Gasteiger partial charge is 0.480 e. The fourth-order valence-electron chi connectivity index (χ4n) is 1.61. The molecule has 1 aromatic carbocycles. The van der Waals surface area contributed by atoms with E-state index in [2.05, 4.69) is 15.6 Å². The molecule has 2 rings (SSSR count). The first kappa shape index (κ1) is 13.7. The lowest BCUT2D eigenvalue weighted by atomic mass is 10.3. The standard InChI is InChI=1S/C12H11FN4O3/c1-7-11(12(20)14-6-10(18)19)15-16-17(7)9-4-2-8(13)3-5-9/h2-5H,6H2,1H3,(H,14,20)(H,18,19). The summed E-state index contributed by atoms with van der Waals surface area (Å²) >= 11 is 0. The Balaban J connectivity index is 2.24. The van der Waals surface area contributed by atoms with Gasteiger partial charge in [-0.15, -0.1) is 5.10 Å². The molecule has 0 bridgehead atoms. The van der Waals surface area contributed by atoms with E-state index in [0.717, 1.165) is 0 Å². The minimum atomic E-state index is -1.15. The maximum Gasteiger partial charge on any atom is 0.322 e. The van der Waals surface area contributed by atoms with Crippen molar-refractivity contribution in [1.82, 2.24) is 20.3 Å². The lowest BCUT2D eigenvalue weighted by Crippen LogP contribution is -2.30. The van der Waals surface area contributed by atoms with Crippen molar-refractivity contribution in [3.63, 3.8) is 0 Å². The van der Waals surface area contributed by atoms with Gasteiger partial charge in [0.2, 0.25) is 0 Å². The molecule has 2 N–H and O–H groups in total. The second kappa shape index (κ2) is 5.47. The smallest absolute Gasteiger partial charge is 0.322 e. The second-order valence-corrected chi connectivity index (χ2v) is 3.99. The number of carbonyl (C=O) groups is 2. The van der Waals surface area contributed by atoms with Gasteiger partial charge in [0.1, 0.15) is 12.4 Å². The number of benzene rings is 1. The maximum absolute atomic E-state index is 12.8. The number of aromatic nitrogens is 3. The quantitative estimate of drug-likeness (QED) is 0.850. The van der Waals surface area contributed by atoms with E-state index in [0.29, 0.717) is 11.4 Å². The molecule has 7 nitrogen and oxygen atoms in total. The van der Waals surface area contributed by atoms with Crippen LogP contribution < -0.4 is 5.32 Å². The molecular weight excluding hydrogens is 267 g/mol. The number of carbonyl (C=O) groups excluding carboxylic acids is 1. The summed E-state index contributed by atoms with van der Waals surface area (Å²) < 4.78 is 14.2. The molecule has 0 aliphatic heterocycles. The highest BCUT2D eigenvalue weighted by atomic mass is 19.1. The third-order valence-electron chi connectivity index (χ3n) is 2.58. The van der Waals surface area contributed by atoms with Crippen LogP contribution in [0.4, 0.5) is 4.39 Å². The van der Waals surface area contributed by atoms with Gasteiger partial charge in [0.05, 0.1) is 11.4 Å². The third-order valence-corrected chi connectivity index (χ3v) is 2.58. The maximum atomic E-state index is 12.8. The highest BCUT2D eigenvalue weighted by Gasteiger charge is 2.17. The first-order valence-electron chi connectivity index (χ1n) is 5.67. The van der Waals surface area contributed by atoms with Gasteiger partial charge >= 0.3 is 5.97 Å². The molecule has 0 saturated heterocycles. The predicted molar refractivity (Wildman–Crippen MR) is 66.0 cm³/mol. The highest BCUT2D eigenvalue weighted by molar-refractivity contribution is 5.94. The van der Waals surface area contributed by atoms with Crippen molar-refractivity contribution < 1.29 is 19.1 Å². The number of carboxylic acid groups (broad SMARTS) is 1. The zero-order valence-electron chi connectivity index (χ0n) is 10.5. The van der Waals surface area contributed by atoms with E-state index in [1.165, 1.54) is 28.9 Å². The summed E-state index contributed by atoms with van der Waals surface area (Å²) in [4.78, 5) is 22.1. The Hall–Kier alpha value is -2.77. The topological polar surface area (TPSA) is 97.1 Å². The summed E-state index contributed by atoms with van der Waals surface area (Å²) in [7, 11) is 0. The average Bonchev–Trinajstić information content (AvgIpc) is 2.79. The number of nitrogens with zero attached hydrogens (tertiary/aromatic N) is 3. The predicted octanol–water partition coefficient (Wildman–Crippen LogP) is 0.529. The molecule has 1 aromatic heterocycles. The zero-order valence-corrected chi connectivity index (χ0v) is 10.5. The minimum Gasteiger partial charge on any atom is -0.480 e. The lowest BCUT2D eigenvalue weighted by Gasteiger charge is -2.03. The monoisotopic (exact) mass is 278 g/mol. The molecule has 2 aromatic rings. The number of hydrogen-bond acceptors (Lipinski definition) is 4. The summed E-state index contributed by atoms with van der Waals surface area (Å²) in [5.41, 5.74) is 1.00. The van der Waals surface area contributed by atoms with Crippen LogP contribution in [0.2, 0.25) is 0 Å². The van der Waals surface area contributed by atoms with Crippen LogP contribution in [0, 0.1) is 12.7 Å². The first-order valence-corrected chi connectivity index (χ1v) is 5.67. The summed E-state index contributed by atoms with van der Waals surface area (Å²) in [5, 5.41) is 18.2. The van der Waals surface area contributed by atoms with E-state index < -0.39 is 18.4 Å². The normalized spacial score (nSPS) is 10.3. The fraction of sp³-hybridized carbons (Fsp3) is 0.167. The Bertz CT molecular complexity index is 651.